The molecule has 0 aromatic heterocycles. The molecule has 2 aromatic rings. The second-order valence-electron chi connectivity index (χ2n) is 5.72. The Morgan fingerprint density at radius 2 is 1.81 bits per heavy atom. The maximum Gasteiger partial charge on any atom is 0.335 e. The Morgan fingerprint density at radius 1 is 1.11 bits per heavy atom. The summed E-state index contributed by atoms with van der Waals surface area (Å²) in [5.41, 5.74) is 1.55. The summed E-state index contributed by atoms with van der Waals surface area (Å²) in [5, 5.41) is 12.0. The van der Waals surface area contributed by atoms with E-state index in [0.29, 0.717) is 19.3 Å². The molecule has 4 amide bonds. The van der Waals surface area contributed by atoms with Gasteiger partial charge in [-0.1, -0.05) is 15.9 Å². The molecular formula is C18H11Br2IN2O4. The summed E-state index contributed by atoms with van der Waals surface area (Å²) < 4.78 is 1.82. The molecule has 0 saturated carbocycles. The number of phenolic OH excluding ortho intramolecular Hbond substituents is 1. The lowest BCUT2D eigenvalue weighted by Crippen LogP contribution is -2.54. The van der Waals surface area contributed by atoms with Crippen LogP contribution < -0.4 is 10.2 Å². The number of aromatic hydroxyl groups is 1. The number of hydrogen-bond acceptors (Lipinski definition) is 4. The van der Waals surface area contributed by atoms with Gasteiger partial charge in [0.2, 0.25) is 0 Å². The van der Waals surface area contributed by atoms with E-state index in [-0.39, 0.29) is 11.3 Å². The molecule has 1 heterocycles. The van der Waals surface area contributed by atoms with Crippen LogP contribution in [0.4, 0.5) is 10.5 Å². The average molecular weight is 606 g/mol. The van der Waals surface area contributed by atoms with Gasteiger partial charge in [0.15, 0.2) is 0 Å². The Morgan fingerprint density at radius 3 is 2.44 bits per heavy atom. The highest BCUT2D eigenvalue weighted by Crippen LogP contribution is 2.32. The molecule has 6 nitrogen and oxygen atoms in total. The van der Waals surface area contributed by atoms with Crippen LogP contribution >= 0.6 is 54.5 Å². The van der Waals surface area contributed by atoms with E-state index >= 15 is 0 Å². The van der Waals surface area contributed by atoms with Crippen LogP contribution in [0.25, 0.3) is 6.08 Å². The van der Waals surface area contributed by atoms with Gasteiger partial charge in [-0.3, -0.25) is 14.9 Å². The first-order chi connectivity index (χ1) is 12.7. The molecule has 0 atom stereocenters. The predicted octanol–water partition coefficient (Wildman–Crippen LogP) is 4.50. The number of amides is 4. The Balaban J connectivity index is 2.06. The fourth-order valence-electron chi connectivity index (χ4n) is 2.50. The van der Waals surface area contributed by atoms with E-state index in [0.717, 1.165) is 14.9 Å². The molecule has 27 heavy (non-hydrogen) atoms. The van der Waals surface area contributed by atoms with E-state index in [4.69, 9.17) is 0 Å². The molecule has 0 radical (unpaired) electrons. The van der Waals surface area contributed by atoms with Crippen molar-refractivity contribution in [3.63, 3.8) is 0 Å². The summed E-state index contributed by atoms with van der Waals surface area (Å²) in [4.78, 5) is 38.3. The lowest BCUT2D eigenvalue weighted by atomic mass is 10.1. The van der Waals surface area contributed by atoms with E-state index in [1.54, 1.807) is 30.3 Å². The van der Waals surface area contributed by atoms with Crippen molar-refractivity contribution in [2.45, 2.75) is 6.92 Å². The number of nitrogens with one attached hydrogen (secondary N) is 1. The number of urea groups is 1. The summed E-state index contributed by atoms with van der Waals surface area (Å²) in [7, 11) is 0. The van der Waals surface area contributed by atoms with Gasteiger partial charge in [0.25, 0.3) is 11.8 Å². The highest BCUT2D eigenvalue weighted by molar-refractivity contribution is 14.1. The number of anilines is 1. The van der Waals surface area contributed by atoms with Crippen LogP contribution in [-0.2, 0) is 9.59 Å². The number of benzene rings is 2. The van der Waals surface area contributed by atoms with Crippen molar-refractivity contribution < 1.29 is 19.5 Å². The lowest BCUT2D eigenvalue weighted by Gasteiger charge is -2.26. The Hall–Kier alpha value is -1.72. The zero-order chi connectivity index (χ0) is 19.9. The predicted molar refractivity (Wildman–Crippen MR) is 116 cm³/mol. The van der Waals surface area contributed by atoms with Gasteiger partial charge < -0.3 is 5.11 Å². The van der Waals surface area contributed by atoms with Gasteiger partial charge in [-0.2, -0.15) is 0 Å². The third kappa shape index (κ3) is 3.94. The van der Waals surface area contributed by atoms with Crippen molar-refractivity contribution in [2.24, 2.45) is 0 Å². The maximum atomic E-state index is 12.9. The minimum absolute atomic E-state index is 0.0688. The molecule has 1 fully saturated rings. The summed E-state index contributed by atoms with van der Waals surface area (Å²) >= 11 is 8.54. The monoisotopic (exact) mass is 604 g/mol. The van der Waals surface area contributed by atoms with Crippen LogP contribution in [-0.4, -0.2) is 23.0 Å². The zero-order valence-corrected chi connectivity index (χ0v) is 19.0. The minimum Gasteiger partial charge on any atom is -0.506 e. The zero-order valence-electron chi connectivity index (χ0n) is 13.7. The number of carbonyl (C=O) groups is 3. The molecule has 2 N–H and O–H groups in total. The van der Waals surface area contributed by atoms with Gasteiger partial charge in [-0.15, -0.1) is 0 Å². The number of nitrogens with zero attached hydrogens (tertiary/aromatic N) is 1. The molecule has 0 unspecified atom stereocenters. The summed E-state index contributed by atoms with van der Waals surface area (Å²) in [6.45, 7) is 1.83. The topological polar surface area (TPSA) is 86.7 Å². The van der Waals surface area contributed by atoms with E-state index in [2.05, 4.69) is 37.2 Å². The third-order valence-corrected chi connectivity index (χ3v) is 6.17. The smallest absolute Gasteiger partial charge is 0.335 e. The molecule has 1 aliphatic rings. The Kier molecular flexibility index (Phi) is 5.73. The van der Waals surface area contributed by atoms with Crippen LogP contribution in [0.1, 0.15) is 11.1 Å². The maximum absolute atomic E-state index is 12.9. The van der Waals surface area contributed by atoms with Crippen molar-refractivity contribution in [2.75, 3.05) is 4.90 Å². The molecule has 2 aromatic carbocycles. The molecule has 0 bridgehead atoms. The highest BCUT2D eigenvalue weighted by atomic mass is 127. The van der Waals surface area contributed by atoms with Crippen molar-refractivity contribution in [3.8, 4) is 5.75 Å². The number of rotatable bonds is 2. The van der Waals surface area contributed by atoms with Gasteiger partial charge in [0.05, 0.1) is 13.7 Å². The Bertz CT molecular complexity index is 1010. The second-order valence-corrected chi connectivity index (χ2v) is 8.60. The Labute approximate surface area is 185 Å². The number of aryl methyl sites for hydroxylation is 1. The van der Waals surface area contributed by atoms with Crippen molar-refractivity contribution in [1.82, 2.24) is 5.32 Å². The quantitative estimate of drug-likeness (QED) is 0.300. The van der Waals surface area contributed by atoms with Crippen LogP contribution in [0.5, 0.6) is 5.75 Å². The average Bonchev–Trinajstić information content (AvgIpc) is 2.59. The molecule has 3 rings (SSSR count). The first-order valence-electron chi connectivity index (χ1n) is 7.54. The van der Waals surface area contributed by atoms with Crippen LogP contribution in [0.2, 0.25) is 0 Å². The number of barbiturate groups is 1. The fourth-order valence-corrected chi connectivity index (χ4v) is 4.24. The summed E-state index contributed by atoms with van der Waals surface area (Å²) in [5.74, 6) is -1.42. The number of phenols is 1. The second kappa shape index (κ2) is 7.72. The van der Waals surface area contributed by atoms with Crippen LogP contribution in [0, 0.1) is 10.5 Å². The van der Waals surface area contributed by atoms with Gasteiger partial charge in [-0.05, 0) is 93.0 Å². The molecule has 0 aliphatic carbocycles. The van der Waals surface area contributed by atoms with E-state index in [1.165, 1.54) is 6.08 Å². The largest absolute Gasteiger partial charge is 0.506 e. The highest BCUT2D eigenvalue weighted by Gasteiger charge is 2.37. The number of hydrogen-bond donors (Lipinski definition) is 2. The van der Waals surface area contributed by atoms with Crippen molar-refractivity contribution in [3.05, 3.63) is 59.5 Å². The van der Waals surface area contributed by atoms with Crippen LogP contribution in [0.15, 0.2) is 44.9 Å². The normalized spacial score (nSPS) is 16.1. The summed E-state index contributed by atoms with van der Waals surface area (Å²) in [6, 6.07) is 7.42. The minimum atomic E-state index is -0.801. The third-order valence-electron chi connectivity index (χ3n) is 3.85. The number of carbonyl (C=O) groups excluding carboxylic acids is 3. The van der Waals surface area contributed by atoms with Gasteiger partial charge in [0, 0.05) is 4.47 Å². The molecule has 138 valence electrons. The summed E-state index contributed by atoms with van der Waals surface area (Å²) in [6.07, 6.45) is 1.38. The number of imide groups is 2. The fraction of sp³-hybridized carbons (Fsp3) is 0.0556. The van der Waals surface area contributed by atoms with Crippen molar-refractivity contribution in [1.29, 1.82) is 0 Å². The van der Waals surface area contributed by atoms with Crippen LogP contribution in [0.3, 0.4) is 0 Å². The van der Waals surface area contributed by atoms with Gasteiger partial charge >= 0.3 is 6.03 Å². The first-order valence-corrected chi connectivity index (χ1v) is 10.2. The molecule has 0 spiro atoms. The van der Waals surface area contributed by atoms with Gasteiger partial charge in [0.1, 0.15) is 11.3 Å². The first kappa shape index (κ1) is 20.0. The standard InChI is InChI=1S/C18H11Br2IN2O4/c1-8-4-10(2-3-12(8)19)23-17(26)11(16(25)22-18(23)27)5-9-6-13(20)15(24)14(21)7-9/h2-7,24H,1H3,(H,22,25,27)/b11-5+. The molecule has 1 saturated heterocycles. The van der Waals surface area contributed by atoms with Gasteiger partial charge in [-0.25, -0.2) is 9.69 Å². The molecule has 1 aliphatic heterocycles. The lowest BCUT2D eigenvalue weighted by molar-refractivity contribution is -0.122. The van der Waals surface area contributed by atoms with E-state index < -0.39 is 17.8 Å². The number of halogens is 3. The molecular weight excluding hydrogens is 595 g/mol. The molecule has 9 heteroatoms. The SMILES string of the molecule is Cc1cc(N2C(=O)NC(=O)/C(=C\c3cc(Br)c(O)c(I)c3)C2=O)ccc1Br. The van der Waals surface area contributed by atoms with E-state index in [1.807, 2.05) is 29.5 Å². The van der Waals surface area contributed by atoms with E-state index in [9.17, 15) is 19.5 Å². The van der Waals surface area contributed by atoms with Crippen molar-refractivity contribution >= 4 is 84.1 Å².